The maximum absolute atomic E-state index is 11.6. The average Bonchev–Trinajstić information content (AvgIpc) is 2.85. The van der Waals surface area contributed by atoms with Crippen LogP contribution in [0.15, 0.2) is 18.2 Å². The number of fused-ring (bicyclic) bond motifs is 1. The van der Waals surface area contributed by atoms with Crippen molar-refractivity contribution < 1.29 is 19.0 Å². The number of hydrogen-bond donors (Lipinski definition) is 0. The average molecular weight is 247 g/mol. The molecule has 0 radical (unpaired) electrons. The second-order valence-corrected chi connectivity index (χ2v) is 3.79. The van der Waals surface area contributed by atoms with Gasteiger partial charge in [-0.1, -0.05) is 12.1 Å². The minimum Gasteiger partial charge on any atom is -0.465 e. The first kappa shape index (κ1) is 12.2. The second-order valence-electron chi connectivity index (χ2n) is 3.79. The first-order valence-corrected chi connectivity index (χ1v) is 5.70. The maximum Gasteiger partial charge on any atom is 0.323 e. The van der Waals surface area contributed by atoms with Crippen LogP contribution in [0.3, 0.4) is 0 Å². The lowest BCUT2D eigenvalue weighted by molar-refractivity contribution is -0.145. The summed E-state index contributed by atoms with van der Waals surface area (Å²) in [6.45, 7) is 2.15. The van der Waals surface area contributed by atoms with Gasteiger partial charge in [-0.2, -0.15) is 5.26 Å². The number of benzene rings is 1. The van der Waals surface area contributed by atoms with Gasteiger partial charge in [-0.25, -0.2) is 0 Å². The van der Waals surface area contributed by atoms with Crippen LogP contribution in [0.25, 0.3) is 0 Å². The Bertz CT molecular complexity index is 492. The number of nitrogens with zero attached hydrogens (tertiary/aromatic N) is 1. The third-order valence-electron chi connectivity index (χ3n) is 2.63. The molecule has 94 valence electrons. The van der Waals surface area contributed by atoms with Gasteiger partial charge in [0.15, 0.2) is 11.5 Å². The van der Waals surface area contributed by atoms with Crippen LogP contribution < -0.4 is 9.47 Å². The molecule has 0 N–H and O–H groups in total. The summed E-state index contributed by atoms with van der Waals surface area (Å²) >= 11 is 0. The van der Waals surface area contributed by atoms with E-state index in [9.17, 15) is 4.79 Å². The van der Waals surface area contributed by atoms with Crippen LogP contribution in [-0.2, 0) is 16.0 Å². The molecule has 1 atom stereocenters. The van der Waals surface area contributed by atoms with Crippen molar-refractivity contribution in [3.8, 4) is 17.6 Å². The fraction of sp³-hybridized carbons (Fsp3) is 0.385. The topological polar surface area (TPSA) is 68.6 Å². The molecule has 0 aliphatic carbocycles. The molecular weight excluding hydrogens is 234 g/mol. The summed E-state index contributed by atoms with van der Waals surface area (Å²) in [7, 11) is 0. The van der Waals surface area contributed by atoms with Gasteiger partial charge in [-0.05, 0) is 13.0 Å². The Morgan fingerprint density at radius 3 is 3.11 bits per heavy atom. The zero-order chi connectivity index (χ0) is 13.0. The van der Waals surface area contributed by atoms with Crippen LogP contribution in [0.2, 0.25) is 0 Å². The molecule has 0 bridgehead atoms. The van der Waals surface area contributed by atoms with Crippen molar-refractivity contribution in [3.63, 3.8) is 0 Å². The van der Waals surface area contributed by atoms with Crippen molar-refractivity contribution in [1.29, 1.82) is 5.26 Å². The van der Waals surface area contributed by atoms with Crippen molar-refractivity contribution in [2.75, 3.05) is 13.4 Å². The number of rotatable bonds is 4. The van der Waals surface area contributed by atoms with Gasteiger partial charge in [0, 0.05) is 12.0 Å². The van der Waals surface area contributed by atoms with E-state index in [1.54, 1.807) is 13.0 Å². The first-order valence-electron chi connectivity index (χ1n) is 5.70. The van der Waals surface area contributed by atoms with E-state index in [1.165, 1.54) is 0 Å². The fourth-order valence-electron chi connectivity index (χ4n) is 1.80. The van der Waals surface area contributed by atoms with Crippen LogP contribution in [0.4, 0.5) is 0 Å². The normalized spacial score (nSPS) is 13.8. The Morgan fingerprint density at radius 1 is 1.56 bits per heavy atom. The molecule has 1 unspecified atom stereocenters. The summed E-state index contributed by atoms with van der Waals surface area (Å²) in [5.74, 6) is -0.0627. The minimum absolute atomic E-state index is 0.170. The quantitative estimate of drug-likeness (QED) is 0.757. The molecule has 1 aromatic rings. The van der Waals surface area contributed by atoms with Crippen LogP contribution in [-0.4, -0.2) is 19.4 Å². The Balaban J connectivity index is 2.16. The number of para-hydroxylation sites is 1. The maximum atomic E-state index is 11.6. The van der Waals surface area contributed by atoms with Crippen LogP contribution in [0, 0.1) is 17.2 Å². The van der Waals surface area contributed by atoms with Crippen molar-refractivity contribution in [2.24, 2.45) is 5.92 Å². The Labute approximate surface area is 105 Å². The predicted molar refractivity (Wildman–Crippen MR) is 62.0 cm³/mol. The molecule has 0 amide bonds. The van der Waals surface area contributed by atoms with Gasteiger partial charge in [0.2, 0.25) is 6.79 Å². The highest BCUT2D eigenvalue weighted by atomic mass is 16.7. The first-order chi connectivity index (χ1) is 8.76. The lowest BCUT2D eigenvalue weighted by Crippen LogP contribution is -2.18. The monoisotopic (exact) mass is 247 g/mol. The standard InChI is InChI=1S/C13H13NO4/c1-2-16-13(15)10(7-14)6-9-4-3-5-11-12(9)18-8-17-11/h3-5,10H,2,6,8H2,1H3. The second kappa shape index (κ2) is 5.41. The molecule has 1 aliphatic heterocycles. The van der Waals surface area contributed by atoms with Crippen LogP contribution in [0.1, 0.15) is 12.5 Å². The number of ether oxygens (including phenoxy) is 3. The van der Waals surface area contributed by atoms with Gasteiger partial charge in [-0.3, -0.25) is 4.79 Å². The molecule has 0 spiro atoms. The lowest BCUT2D eigenvalue weighted by atomic mass is 10.00. The summed E-state index contributed by atoms with van der Waals surface area (Å²) in [5.41, 5.74) is 0.782. The zero-order valence-corrected chi connectivity index (χ0v) is 10.0. The van der Waals surface area contributed by atoms with Gasteiger partial charge >= 0.3 is 5.97 Å². The van der Waals surface area contributed by atoms with E-state index in [2.05, 4.69) is 0 Å². The summed E-state index contributed by atoms with van der Waals surface area (Å²) in [5, 5.41) is 9.01. The number of nitriles is 1. The summed E-state index contributed by atoms with van der Waals surface area (Å²) in [6.07, 6.45) is 0.266. The molecule has 1 aliphatic rings. The van der Waals surface area contributed by atoms with Gasteiger partial charge in [-0.15, -0.1) is 0 Å². The SMILES string of the molecule is CCOC(=O)C(C#N)Cc1cccc2c1OCO2. The highest BCUT2D eigenvalue weighted by Gasteiger charge is 2.24. The molecule has 1 aromatic carbocycles. The van der Waals surface area contributed by atoms with E-state index in [-0.39, 0.29) is 19.8 Å². The van der Waals surface area contributed by atoms with E-state index in [0.717, 1.165) is 5.56 Å². The highest BCUT2D eigenvalue weighted by Crippen LogP contribution is 2.36. The summed E-state index contributed by atoms with van der Waals surface area (Å²) in [6, 6.07) is 7.37. The van der Waals surface area contributed by atoms with Crippen molar-refractivity contribution in [2.45, 2.75) is 13.3 Å². The molecule has 5 heteroatoms. The van der Waals surface area contributed by atoms with Gasteiger partial charge < -0.3 is 14.2 Å². The van der Waals surface area contributed by atoms with Crippen LogP contribution >= 0.6 is 0 Å². The molecule has 18 heavy (non-hydrogen) atoms. The fourth-order valence-corrected chi connectivity index (χ4v) is 1.80. The molecule has 0 fully saturated rings. The molecule has 0 saturated heterocycles. The number of hydrogen-bond acceptors (Lipinski definition) is 5. The third kappa shape index (κ3) is 2.38. The highest BCUT2D eigenvalue weighted by molar-refractivity contribution is 5.75. The van der Waals surface area contributed by atoms with Crippen molar-refractivity contribution in [1.82, 2.24) is 0 Å². The summed E-state index contributed by atoms with van der Waals surface area (Å²) < 4.78 is 15.4. The number of carbonyl (C=O) groups excluding carboxylic acids is 1. The molecule has 0 saturated carbocycles. The minimum atomic E-state index is -0.819. The summed E-state index contributed by atoms with van der Waals surface area (Å²) in [4.78, 5) is 11.6. The van der Waals surface area contributed by atoms with Gasteiger partial charge in [0.25, 0.3) is 0 Å². The molecule has 2 rings (SSSR count). The Hall–Kier alpha value is -2.22. The van der Waals surface area contributed by atoms with Crippen LogP contribution in [0.5, 0.6) is 11.5 Å². The molecular formula is C13H13NO4. The Kier molecular flexibility index (Phi) is 3.68. The van der Waals surface area contributed by atoms with E-state index in [0.29, 0.717) is 11.5 Å². The van der Waals surface area contributed by atoms with E-state index < -0.39 is 11.9 Å². The number of esters is 1. The Morgan fingerprint density at radius 2 is 2.39 bits per heavy atom. The van der Waals surface area contributed by atoms with E-state index in [4.69, 9.17) is 19.5 Å². The zero-order valence-electron chi connectivity index (χ0n) is 10.0. The van der Waals surface area contributed by atoms with Gasteiger partial charge in [0.05, 0.1) is 12.7 Å². The molecule has 0 aromatic heterocycles. The predicted octanol–water partition coefficient (Wildman–Crippen LogP) is 1.66. The smallest absolute Gasteiger partial charge is 0.323 e. The van der Waals surface area contributed by atoms with E-state index >= 15 is 0 Å². The third-order valence-corrected chi connectivity index (χ3v) is 2.63. The van der Waals surface area contributed by atoms with E-state index in [1.807, 2.05) is 18.2 Å². The number of carbonyl (C=O) groups is 1. The largest absolute Gasteiger partial charge is 0.465 e. The van der Waals surface area contributed by atoms with Crippen molar-refractivity contribution >= 4 is 5.97 Å². The van der Waals surface area contributed by atoms with Crippen molar-refractivity contribution in [3.05, 3.63) is 23.8 Å². The lowest BCUT2D eigenvalue weighted by Gasteiger charge is -2.10. The molecule has 1 heterocycles. The molecule has 5 nitrogen and oxygen atoms in total. The van der Waals surface area contributed by atoms with Gasteiger partial charge in [0.1, 0.15) is 5.92 Å².